The Bertz CT molecular complexity index is 1460. The summed E-state index contributed by atoms with van der Waals surface area (Å²) in [5, 5.41) is 7.72. The fraction of sp³-hybridized carbons (Fsp3) is 0.179. The van der Waals surface area contributed by atoms with Gasteiger partial charge in [0.1, 0.15) is 0 Å². The molecule has 5 aromatic rings. The van der Waals surface area contributed by atoms with Gasteiger partial charge in [-0.25, -0.2) is 0 Å². The van der Waals surface area contributed by atoms with Gasteiger partial charge in [0.2, 0.25) is 0 Å². The summed E-state index contributed by atoms with van der Waals surface area (Å²) in [7, 11) is 0. The molecular formula is C39H39N3. The number of anilines is 3. The van der Waals surface area contributed by atoms with Gasteiger partial charge in [0.25, 0.3) is 0 Å². The van der Waals surface area contributed by atoms with Crippen molar-refractivity contribution in [3.63, 3.8) is 0 Å². The molecule has 0 aliphatic carbocycles. The molecule has 0 fully saturated rings. The van der Waals surface area contributed by atoms with Crippen molar-refractivity contribution in [1.29, 1.82) is 0 Å². The lowest BCUT2D eigenvalue weighted by molar-refractivity contribution is 0.730. The second-order valence-electron chi connectivity index (χ2n) is 11.3. The first-order valence-corrected chi connectivity index (χ1v) is 15.0. The summed E-state index contributed by atoms with van der Waals surface area (Å²) in [5.41, 5.74) is 10.5. The highest BCUT2D eigenvalue weighted by Gasteiger charge is 2.27. The van der Waals surface area contributed by atoms with Crippen LogP contribution in [0.15, 0.2) is 157 Å². The maximum Gasteiger partial charge on any atom is 0.0551 e. The molecule has 3 nitrogen and oxygen atoms in total. The van der Waals surface area contributed by atoms with E-state index in [0.717, 1.165) is 37.3 Å². The number of hydrogen-bond acceptors (Lipinski definition) is 3. The SMILES string of the molecule is Cc1ccc(N2CC(CC(Nc3ccccc3)c3ccccc3)=C(CC(Nc3ccccc3)c3ccccc3)C2)cc1. The van der Waals surface area contributed by atoms with E-state index < -0.39 is 0 Å². The van der Waals surface area contributed by atoms with Crippen molar-refractivity contribution in [2.45, 2.75) is 31.8 Å². The molecule has 210 valence electrons. The summed E-state index contributed by atoms with van der Waals surface area (Å²) in [4.78, 5) is 2.54. The summed E-state index contributed by atoms with van der Waals surface area (Å²) in [6, 6.07) is 52.3. The molecule has 0 radical (unpaired) electrons. The van der Waals surface area contributed by atoms with Crippen molar-refractivity contribution >= 4 is 17.1 Å². The van der Waals surface area contributed by atoms with Crippen molar-refractivity contribution in [2.24, 2.45) is 0 Å². The van der Waals surface area contributed by atoms with E-state index in [9.17, 15) is 0 Å². The van der Waals surface area contributed by atoms with Crippen LogP contribution in [0.25, 0.3) is 0 Å². The van der Waals surface area contributed by atoms with Crippen LogP contribution in [-0.2, 0) is 0 Å². The molecule has 1 heterocycles. The lowest BCUT2D eigenvalue weighted by Gasteiger charge is -2.24. The van der Waals surface area contributed by atoms with Crippen LogP contribution in [-0.4, -0.2) is 13.1 Å². The minimum Gasteiger partial charge on any atom is -0.378 e. The average molecular weight is 550 g/mol. The smallest absolute Gasteiger partial charge is 0.0551 e. The fourth-order valence-electron chi connectivity index (χ4n) is 5.94. The van der Waals surface area contributed by atoms with Gasteiger partial charge in [-0.1, -0.05) is 115 Å². The predicted octanol–water partition coefficient (Wildman–Crippen LogP) is 9.60. The van der Waals surface area contributed by atoms with Crippen molar-refractivity contribution < 1.29 is 0 Å². The fourth-order valence-corrected chi connectivity index (χ4v) is 5.94. The number of para-hydroxylation sites is 2. The molecule has 1 aliphatic rings. The molecule has 0 spiro atoms. The number of aryl methyl sites for hydroxylation is 1. The van der Waals surface area contributed by atoms with E-state index in [4.69, 9.17) is 0 Å². The van der Waals surface area contributed by atoms with Gasteiger partial charge in [-0.05, 0) is 78.4 Å². The summed E-state index contributed by atoms with van der Waals surface area (Å²) in [5.74, 6) is 0. The van der Waals surface area contributed by atoms with E-state index in [0.29, 0.717) is 0 Å². The molecule has 42 heavy (non-hydrogen) atoms. The zero-order valence-corrected chi connectivity index (χ0v) is 24.3. The molecular weight excluding hydrogens is 510 g/mol. The highest BCUT2D eigenvalue weighted by molar-refractivity contribution is 5.55. The van der Waals surface area contributed by atoms with Gasteiger partial charge in [-0.15, -0.1) is 0 Å². The Labute approximate surface area is 250 Å². The van der Waals surface area contributed by atoms with Crippen molar-refractivity contribution in [2.75, 3.05) is 28.6 Å². The molecule has 1 aliphatic heterocycles. The van der Waals surface area contributed by atoms with Crippen LogP contribution in [0.2, 0.25) is 0 Å². The minimum absolute atomic E-state index is 0.175. The Morgan fingerprint density at radius 3 is 1.29 bits per heavy atom. The maximum absolute atomic E-state index is 3.86. The zero-order chi connectivity index (χ0) is 28.6. The Hall–Kier alpha value is -4.76. The number of hydrogen-bond donors (Lipinski definition) is 2. The lowest BCUT2D eigenvalue weighted by atomic mass is 9.92. The summed E-state index contributed by atoms with van der Waals surface area (Å²) in [6.45, 7) is 4.03. The van der Waals surface area contributed by atoms with Crippen LogP contribution in [0.3, 0.4) is 0 Å². The first kappa shape index (κ1) is 27.4. The van der Waals surface area contributed by atoms with Gasteiger partial charge in [0.05, 0.1) is 12.1 Å². The number of benzene rings is 5. The van der Waals surface area contributed by atoms with E-state index in [1.54, 1.807) is 0 Å². The van der Waals surface area contributed by atoms with Gasteiger partial charge >= 0.3 is 0 Å². The Morgan fingerprint density at radius 2 is 0.881 bits per heavy atom. The van der Waals surface area contributed by atoms with Crippen LogP contribution >= 0.6 is 0 Å². The summed E-state index contributed by atoms with van der Waals surface area (Å²) < 4.78 is 0. The second kappa shape index (κ2) is 13.3. The predicted molar refractivity (Wildman–Crippen MR) is 178 cm³/mol. The molecule has 2 unspecified atom stereocenters. The quantitative estimate of drug-likeness (QED) is 0.161. The standard InChI is InChI=1S/C39H39N3/c1-30-22-24-37(25-23-30)42-28-33(26-38(31-14-6-2-7-15-31)40-35-18-10-4-11-19-35)34(29-42)27-39(32-16-8-3-9-17-32)41-36-20-12-5-13-21-36/h2-25,38-41H,26-29H2,1H3. The molecule has 2 N–H and O–H groups in total. The van der Waals surface area contributed by atoms with E-state index in [1.807, 2.05) is 0 Å². The van der Waals surface area contributed by atoms with Gasteiger partial charge in [0.15, 0.2) is 0 Å². The molecule has 2 atom stereocenters. The Balaban J connectivity index is 1.34. The first-order chi connectivity index (χ1) is 20.7. The Kier molecular flexibility index (Phi) is 8.66. The minimum atomic E-state index is 0.175. The topological polar surface area (TPSA) is 27.3 Å². The third-order valence-electron chi connectivity index (χ3n) is 8.20. The molecule has 5 aromatic carbocycles. The Morgan fingerprint density at radius 1 is 0.500 bits per heavy atom. The highest BCUT2D eigenvalue weighted by atomic mass is 15.1. The molecule has 0 saturated heterocycles. The summed E-state index contributed by atoms with van der Waals surface area (Å²) >= 11 is 0. The monoisotopic (exact) mass is 549 g/mol. The van der Waals surface area contributed by atoms with E-state index in [2.05, 4.69) is 168 Å². The van der Waals surface area contributed by atoms with Crippen LogP contribution in [0, 0.1) is 6.92 Å². The van der Waals surface area contributed by atoms with Crippen LogP contribution in [0.1, 0.15) is 41.6 Å². The normalized spacial score (nSPS) is 14.5. The van der Waals surface area contributed by atoms with E-state index in [1.165, 1.54) is 33.5 Å². The first-order valence-electron chi connectivity index (χ1n) is 15.0. The zero-order valence-electron chi connectivity index (χ0n) is 24.3. The number of nitrogens with zero attached hydrogens (tertiary/aromatic N) is 1. The molecule has 0 bridgehead atoms. The third-order valence-corrected chi connectivity index (χ3v) is 8.20. The van der Waals surface area contributed by atoms with Crippen LogP contribution < -0.4 is 15.5 Å². The molecule has 0 amide bonds. The molecule has 0 aromatic heterocycles. The van der Waals surface area contributed by atoms with Crippen molar-refractivity contribution in [3.8, 4) is 0 Å². The van der Waals surface area contributed by atoms with E-state index in [-0.39, 0.29) is 12.1 Å². The van der Waals surface area contributed by atoms with Crippen molar-refractivity contribution in [3.05, 3.63) is 173 Å². The number of nitrogens with one attached hydrogen (secondary N) is 2. The molecule has 3 heteroatoms. The maximum atomic E-state index is 3.86. The van der Waals surface area contributed by atoms with Gasteiger partial charge < -0.3 is 15.5 Å². The highest BCUT2D eigenvalue weighted by Crippen LogP contribution is 2.37. The van der Waals surface area contributed by atoms with Crippen LogP contribution in [0.5, 0.6) is 0 Å². The van der Waals surface area contributed by atoms with Gasteiger partial charge in [-0.2, -0.15) is 0 Å². The molecule has 0 saturated carbocycles. The van der Waals surface area contributed by atoms with Gasteiger partial charge in [-0.3, -0.25) is 0 Å². The largest absolute Gasteiger partial charge is 0.378 e. The summed E-state index contributed by atoms with van der Waals surface area (Å²) in [6.07, 6.45) is 1.90. The van der Waals surface area contributed by atoms with E-state index >= 15 is 0 Å². The lowest BCUT2D eigenvalue weighted by Crippen LogP contribution is -2.21. The van der Waals surface area contributed by atoms with Crippen LogP contribution in [0.4, 0.5) is 17.1 Å². The average Bonchev–Trinajstić information content (AvgIpc) is 3.44. The second-order valence-corrected chi connectivity index (χ2v) is 11.3. The van der Waals surface area contributed by atoms with Gasteiger partial charge in [0, 0.05) is 30.2 Å². The number of rotatable bonds is 11. The third kappa shape index (κ3) is 6.92. The molecule has 6 rings (SSSR count). The van der Waals surface area contributed by atoms with Crippen molar-refractivity contribution in [1.82, 2.24) is 0 Å².